The Morgan fingerprint density at radius 2 is 2.00 bits per heavy atom. The van der Waals surface area contributed by atoms with E-state index < -0.39 is 22.0 Å². The van der Waals surface area contributed by atoms with E-state index in [-0.39, 0.29) is 16.5 Å². The summed E-state index contributed by atoms with van der Waals surface area (Å²) in [6.45, 7) is 3.96. The van der Waals surface area contributed by atoms with Gasteiger partial charge in [0.15, 0.2) is 0 Å². The summed E-state index contributed by atoms with van der Waals surface area (Å²) in [6, 6.07) is 3.70. The van der Waals surface area contributed by atoms with Gasteiger partial charge in [0.25, 0.3) is 0 Å². The van der Waals surface area contributed by atoms with Crippen LogP contribution in [0.15, 0.2) is 23.1 Å². The molecule has 0 saturated carbocycles. The lowest BCUT2D eigenvalue weighted by atomic mass is 10.0. The summed E-state index contributed by atoms with van der Waals surface area (Å²) in [5.41, 5.74) is 6.23. The van der Waals surface area contributed by atoms with Crippen LogP contribution in [0.3, 0.4) is 0 Å². The Balaban J connectivity index is 3.00. The quantitative estimate of drug-likeness (QED) is 0.529. The molecule has 118 valence electrons. The first kappa shape index (κ1) is 17.3. The summed E-state index contributed by atoms with van der Waals surface area (Å²) in [5, 5.41) is 8.03. The molecule has 0 spiro atoms. The molecule has 1 rings (SSSR count). The normalized spacial score (nSPS) is 13.0. The van der Waals surface area contributed by atoms with Crippen molar-refractivity contribution in [2.45, 2.75) is 31.2 Å². The summed E-state index contributed by atoms with van der Waals surface area (Å²) in [5.74, 6) is -0.111. The number of hydrogen-bond acceptors (Lipinski definition) is 6. The van der Waals surface area contributed by atoms with E-state index in [4.69, 9.17) is 15.6 Å². The molecule has 0 heterocycles. The van der Waals surface area contributed by atoms with Gasteiger partial charge in [-0.3, -0.25) is 0 Å². The highest BCUT2D eigenvalue weighted by Crippen LogP contribution is 2.23. The number of carbonyl (C=O) groups excluding carboxylic acids is 1. The Morgan fingerprint density at radius 1 is 1.38 bits per heavy atom. The topological polar surface area (TPSA) is 125 Å². The van der Waals surface area contributed by atoms with Crippen LogP contribution in [0.1, 0.15) is 20.3 Å². The van der Waals surface area contributed by atoms with E-state index in [1.165, 1.54) is 25.3 Å². The van der Waals surface area contributed by atoms with Crippen molar-refractivity contribution >= 4 is 27.4 Å². The van der Waals surface area contributed by atoms with Gasteiger partial charge in [-0.05, 0) is 30.5 Å². The van der Waals surface area contributed by atoms with Crippen molar-refractivity contribution < 1.29 is 17.9 Å². The highest BCUT2D eigenvalue weighted by molar-refractivity contribution is 7.89. The molecule has 0 saturated heterocycles. The van der Waals surface area contributed by atoms with Crippen molar-refractivity contribution in [1.29, 1.82) is 0 Å². The van der Waals surface area contributed by atoms with E-state index >= 15 is 0 Å². The van der Waals surface area contributed by atoms with Gasteiger partial charge in [-0.2, -0.15) is 0 Å². The fourth-order valence-corrected chi connectivity index (χ4v) is 2.57. The Morgan fingerprint density at radius 3 is 2.43 bits per heavy atom. The molecular weight excluding hydrogens is 294 g/mol. The first-order chi connectivity index (χ1) is 9.65. The predicted molar refractivity (Wildman–Crippen MR) is 81.1 cm³/mol. The molecule has 1 atom stereocenters. The third kappa shape index (κ3) is 4.91. The second kappa shape index (κ2) is 6.77. The molecule has 1 aromatic rings. The number of ether oxygens (including phenoxy) is 1. The lowest BCUT2D eigenvalue weighted by molar-refractivity contribution is -0.141. The number of anilines is 2. The lowest BCUT2D eigenvalue weighted by Crippen LogP contribution is -2.32. The highest BCUT2D eigenvalue weighted by atomic mass is 32.2. The number of carbonyl (C=O) groups is 1. The minimum atomic E-state index is -3.86. The smallest absolute Gasteiger partial charge is 0.328 e. The van der Waals surface area contributed by atoms with Crippen LogP contribution >= 0.6 is 0 Å². The van der Waals surface area contributed by atoms with Gasteiger partial charge in [0.05, 0.1) is 12.8 Å². The van der Waals surface area contributed by atoms with E-state index in [0.29, 0.717) is 12.1 Å². The molecule has 0 bridgehead atoms. The molecule has 8 heteroatoms. The fraction of sp³-hybridized carbons (Fsp3) is 0.462. The zero-order valence-corrected chi connectivity index (χ0v) is 13.1. The number of nitrogen functional groups attached to an aromatic ring is 1. The van der Waals surface area contributed by atoms with Gasteiger partial charge < -0.3 is 15.8 Å². The third-order valence-electron chi connectivity index (χ3n) is 2.85. The minimum Gasteiger partial charge on any atom is -0.467 e. The maximum atomic E-state index is 11.7. The second-order valence-corrected chi connectivity index (χ2v) is 6.68. The molecule has 0 fully saturated rings. The SMILES string of the molecule is COC(=O)C(CC(C)C)Nc1ccc(S(N)(=O)=O)c(N)c1. The molecule has 0 radical (unpaired) electrons. The van der Waals surface area contributed by atoms with Crippen LogP contribution in [-0.2, 0) is 19.6 Å². The third-order valence-corrected chi connectivity index (χ3v) is 3.83. The van der Waals surface area contributed by atoms with Gasteiger partial charge in [-0.25, -0.2) is 18.4 Å². The van der Waals surface area contributed by atoms with Crippen molar-refractivity contribution in [3.05, 3.63) is 18.2 Å². The van der Waals surface area contributed by atoms with E-state index in [1.54, 1.807) is 0 Å². The minimum absolute atomic E-state index is 0.0238. The zero-order chi connectivity index (χ0) is 16.2. The van der Waals surface area contributed by atoms with Crippen LogP contribution in [-0.4, -0.2) is 27.5 Å². The molecule has 1 aromatic carbocycles. The molecule has 7 nitrogen and oxygen atoms in total. The van der Waals surface area contributed by atoms with E-state index in [2.05, 4.69) is 5.32 Å². The van der Waals surface area contributed by atoms with Crippen molar-refractivity contribution in [1.82, 2.24) is 0 Å². The molecule has 0 aromatic heterocycles. The monoisotopic (exact) mass is 315 g/mol. The van der Waals surface area contributed by atoms with Gasteiger partial charge in [-0.1, -0.05) is 13.8 Å². The summed E-state index contributed by atoms with van der Waals surface area (Å²) < 4.78 is 27.3. The maximum absolute atomic E-state index is 11.7. The van der Waals surface area contributed by atoms with E-state index in [0.717, 1.165) is 0 Å². The first-order valence-electron chi connectivity index (χ1n) is 6.41. The molecule has 5 N–H and O–H groups in total. The second-order valence-electron chi connectivity index (χ2n) is 5.15. The number of nitrogens with two attached hydrogens (primary N) is 2. The van der Waals surface area contributed by atoms with Crippen LogP contribution in [0.2, 0.25) is 0 Å². The van der Waals surface area contributed by atoms with Gasteiger partial charge in [0.1, 0.15) is 10.9 Å². The number of hydrogen-bond donors (Lipinski definition) is 3. The molecule has 0 aliphatic heterocycles. The number of sulfonamides is 1. The molecular formula is C13H21N3O4S. The summed E-state index contributed by atoms with van der Waals surface area (Å²) >= 11 is 0. The van der Waals surface area contributed by atoms with Gasteiger partial charge >= 0.3 is 5.97 Å². The average molecular weight is 315 g/mol. The van der Waals surface area contributed by atoms with Crippen molar-refractivity contribution in [3.63, 3.8) is 0 Å². The van der Waals surface area contributed by atoms with Crippen molar-refractivity contribution in [3.8, 4) is 0 Å². The number of methoxy groups -OCH3 is 1. The Hall–Kier alpha value is -1.80. The van der Waals surface area contributed by atoms with E-state index in [1.807, 2.05) is 13.8 Å². The largest absolute Gasteiger partial charge is 0.467 e. The summed E-state index contributed by atoms with van der Waals surface area (Å²) in [4.78, 5) is 11.6. The standard InChI is InChI=1S/C13H21N3O4S/c1-8(2)6-11(13(17)20-3)16-9-4-5-12(10(14)7-9)21(15,18)19/h4-5,7-8,11,16H,6,14H2,1-3H3,(H2,15,18,19). The number of esters is 1. The Labute approximate surface area is 124 Å². The zero-order valence-electron chi connectivity index (χ0n) is 12.3. The van der Waals surface area contributed by atoms with Crippen LogP contribution in [0.5, 0.6) is 0 Å². The van der Waals surface area contributed by atoms with Crippen LogP contribution in [0.25, 0.3) is 0 Å². The Kier molecular flexibility index (Phi) is 5.56. The van der Waals surface area contributed by atoms with Gasteiger partial charge in [-0.15, -0.1) is 0 Å². The fourth-order valence-electron chi connectivity index (χ4n) is 1.93. The summed E-state index contributed by atoms with van der Waals surface area (Å²) in [7, 11) is -2.55. The number of benzene rings is 1. The van der Waals surface area contributed by atoms with Gasteiger partial charge in [0, 0.05) is 5.69 Å². The molecule has 0 aliphatic carbocycles. The summed E-state index contributed by atoms with van der Waals surface area (Å²) in [6.07, 6.45) is 0.573. The number of nitrogens with one attached hydrogen (secondary N) is 1. The van der Waals surface area contributed by atoms with Crippen molar-refractivity contribution in [2.24, 2.45) is 11.1 Å². The van der Waals surface area contributed by atoms with Gasteiger partial charge in [0.2, 0.25) is 10.0 Å². The molecule has 21 heavy (non-hydrogen) atoms. The maximum Gasteiger partial charge on any atom is 0.328 e. The molecule has 1 unspecified atom stereocenters. The highest BCUT2D eigenvalue weighted by Gasteiger charge is 2.21. The number of primary sulfonamides is 1. The Bertz CT molecular complexity index is 614. The number of rotatable bonds is 6. The van der Waals surface area contributed by atoms with Crippen LogP contribution in [0.4, 0.5) is 11.4 Å². The molecule has 0 amide bonds. The lowest BCUT2D eigenvalue weighted by Gasteiger charge is -2.20. The van der Waals surface area contributed by atoms with Crippen LogP contribution in [0, 0.1) is 5.92 Å². The van der Waals surface area contributed by atoms with E-state index in [9.17, 15) is 13.2 Å². The predicted octanol–water partition coefficient (Wildman–Crippen LogP) is 0.916. The van der Waals surface area contributed by atoms with Crippen LogP contribution < -0.4 is 16.2 Å². The average Bonchev–Trinajstić information content (AvgIpc) is 2.35. The molecule has 0 aliphatic rings. The first-order valence-corrected chi connectivity index (χ1v) is 7.96. The van der Waals surface area contributed by atoms with Crippen molar-refractivity contribution in [2.75, 3.05) is 18.2 Å².